The van der Waals surface area contributed by atoms with E-state index in [1.54, 1.807) is 29.7 Å². The number of nitrogens with zero attached hydrogens (tertiary/aromatic N) is 1. The number of nitrogens with two attached hydrogens (primary N) is 1. The summed E-state index contributed by atoms with van der Waals surface area (Å²) in [4.78, 5) is 24.0. The molecule has 23 heavy (non-hydrogen) atoms. The van der Waals surface area contributed by atoms with E-state index in [-0.39, 0.29) is 11.2 Å². The van der Waals surface area contributed by atoms with E-state index >= 15 is 0 Å². The SMILES string of the molecule is Cc1c(Nc2ccc(Br)cc2F)cc2n(c1=O)CCC2C(N)=O. The minimum Gasteiger partial charge on any atom is -0.369 e. The fraction of sp³-hybridized carbons (Fsp3) is 0.250. The van der Waals surface area contributed by atoms with Crippen molar-refractivity contribution in [2.75, 3.05) is 5.32 Å². The van der Waals surface area contributed by atoms with Crippen LogP contribution in [0.4, 0.5) is 15.8 Å². The third-order valence-electron chi connectivity index (χ3n) is 4.12. The molecule has 0 radical (unpaired) electrons. The largest absolute Gasteiger partial charge is 0.369 e. The molecule has 3 N–H and O–H groups in total. The molecule has 3 rings (SSSR count). The van der Waals surface area contributed by atoms with E-state index in [1.165, 1.54) is 6.07 Å². The molecule has 1 unspecified atom stereocenters. The molecule has 2 heterocycles. The molecule has 120 valence electrons. The topological polar surface area (TPSA) is 77.1 Å². The Hall–Kier alpha value is -2.15. The first kappa shape index (κ1) is 15.7. The van der Waals surface area contributed by atoms with Crippen molar-refractivity contribution in [3.05, 3.63) is 56.2 Å². The van der Waals surface area contributed by atoms with Crippen molar-refractivity contribution in [3.63, 3.8) is 0 Å². The van der Waals surface area contributed by atoms with E-state index in [4.69, 9.17) is 5.73 Å². The maximum absolute atomic E-state index is 14.0. The standard InChI is InChI=1S/C16H15BrFN3O2/c1-8-13(20-12-3-2-9(17)6-11(12)18)7-14-10(15(19)22)4-5-21(14)16(8)23/h2-3,6-7,10,20H,4-5H2,1H3,(H2,19,22). The number of primary amides is 1. The number of rotatable bonds is 3. The number of pyridine rings is 1. The van der Waals surface area contributed by atoms with Crippen molar-refractivity contribution in [1.29, 1.82) is 0 Å². The van der Waals surface area contributed by atoms with Gasteiger partial charge in [-0.2, -0.15) is 0 Å². The number of carbonyl (C=O) groups excluding carboxylic acids is 1. The van der Waals surface area contributed by atoms with Gasteiger partial charge < -0.3 is 15.6 Å². The minimum absolute atomic E-state index is 0.189. The number of aromatic nitrogens is 1. The zero-order valence-electron chi connectivity index (χ0n) is 12.4. The Labute approximate surface area is 140 Å². The van der Waals surface area contributed by atoms with E-state index in [0.717, 1.165) is 0 Å². The minimum atomic E-state index is -0.487. The van der Waals surface area contributed by atoms with Crippen molar-refractivity contribution >= 4 is 33.2 Å². The molecule has 0 bridgehead atoms. The third kappa shape index (κ3) is 2.76. The first-order valence-electron chi connectivity index (χ1n) is 7.14. The van der Waals surface area contributed by atoms with Gasteiger partial charge in [-0.25, -0.2) is 4.39 Å². The molecule has 0 spiro atoms. The lowest BCUT2D eigenvalue weighted by molar-refractivity contribution is -0.119. The molecule has 2 aromatic rings. The molecule has 7 heteroatoms. The lowest BCUT2D eigenvalue weighted by Gasteiger charge is -2.15. The van der Waals surface area contributed by atoms with Crippen molar-refractivity contribution in [1.82, 2.24) is 4.57 Å². The fourth-order valence-electron chi connectivity index (χ4n) is 2.85. The predicted molar refractivity (Wildman–Crippen MR) is 89.4 cm³/mol. The van der Waals surface area contributed by atoms with Gasteiger partial charge in [0.25, 0.3) is 5.56 Å². The van der Waals surface area contributed by atoms with E-state index in [2.05, 4.69) is 21.2 Å². The molecule has 1 aliphatic rings. The normalized spacial score (nSPS) is 16.2. The van der Waals surface area contributed by atoms with Crippen LogP contribution in [0.2, 0.25) is 0 Å². The fourth-order valence-corrected chi connectivity index (χ4v) is 3.18. The van der Waals surface area contributed by atoms with Gasteiger partial charge in [-0.1, -0.05) is 15.9 Å². The number of benzene rings is 1. The molecule has 5 nitrogen and oxygen atoms in total. The Morgan fingerprint density at radius 2 is 2.13 bits per heavy atom. The quantitative estimate of drug-likeness (QED) is 0.860. The first-order chi connectivity index (χ1) is 10.9. The number of anilines is 2. The number of nitrogens with one attached hydrogen (secondary N) is 1. The van der Waals surface area contributed by atoms with E-state index < -0.39 is 17.6 Å². The number of hydrogen-bond acceptors (Lipinski definition) is 3. The van der Waals surface area contributed by atoms with Gasteiger partial charge in [0.1, 0.15) is 5.82 Å². The monoisotopic (exact) mass is 379 g/mol. The van der Waals surface area contributed by atoms with Gasteiger partial charge in [0.15, 0.2) is 0 Å². The Morgan fingerprint density at radius 3 is 2.78 bits per heavy atom. The highest BCUT2D eigenvalue weighted by atomic mass is 79.9. The van der Waals surface area contributed by atoms with Crippen molar-refractivity contribution in [2.24, 2.45) is 5.73 Å². The Kier molecular flexibility index (Phi) is 3.97. The summed E-state index contributed by atoms with van der Waals surface area (Å²) in [7, 11) is 0. The lowest BCUT2D eigenvalue weighted by Crippen LogP contribution is -2.25. The number of fused-ring (bicyclic) bond motifs is 1. The van der Waals surface area contributed by atoms with Crippen molar-refractivity contribution in [2.45, 2.75) is 25.8 Å². The smallest absolute Gasteiger partial charge is 0.255 e. The highest BCUT2D eigenvalue weighted by Crippen LogP contribution is 2.31. The van der Waals surface area contributed by atoms with Crippen LogP contribution in [0.25, 0.3) is 0 Å². The summed E-state index contributed by atoms with van der Waals surface area (Å²) in [5.74, 6) is -1.38. The first-order valence-corrected chi connectivity index (χ1v) is 7.93. The summed E-state index contributed by atoms with van der Waals surface area (Å²) >= 11 is 3.20. The molecular formula is C16H15BrFN3O2. The van der Waals surface area contributed by atoms with Gasteiger partial charge in [0, 0.05) is 28.0 Å². The molecule has 0 saturated carbocycles. The van der Waals surface area contributed by atoms with Crippen molar-refractivity contribution < 1.29 is 9.18 Å². The molecule has 0 fully saturated rings. The second-order valence-corrected chi connectivity index (χ2v) is 6.47. The third-order valence-corrected chi connectivity index (χ3v) is 4.61. The summed E-state index contributed by atoms with van der Waals surface area (Å²) in [6.07, 6.45) is 0.514. The maximum Gasteiger partial charge on any atom is 0.255 e. The molecule has 0 saturated heterocycles. The molecule has 1 amide bonds. The van der Waals surface area contributed by atoms with Gasteiger partial charge in [-0.3, -0.25) is 9.59 Å². The molecule has 1 aromatic carbocycles. The highest BCUT2D eigenvalue weighted by molar-refractivity contribution is 9.10. The zero-order valence-corrected chi connectivity index (χ0v) is 14.0. The molecule has 0 aliphatic carbocycles. The average molecular weight is 380 g/mol. The van der Waals surface area contributed by atoms with Crippen LogP contribution in [-0.2, 0) is 11.3 Å². The Bertz CT molecular complexity index is 863. The van der Waals surface area contributed by atoms with Crippen LogP contribution in [0.1, 0.15) is 23.6 Å². The summed E-state index contributed by atoms with van der Waals surface area (Å²) in [6.45, 7) is 2.14. The highest BCUT2D eigenvalue weighted by Gasteiger charge is 2.29. The van der Waals surface area contributed by atoms with Crippen LogP contribution in [0.5, 0.6) is 0 Å². The van der Waals surface area contributed by atoms with E-state index in [1.807, 2.05) is 0 Å². The van der Waals surface area contributed by atoms with Gasteiger partial charge in [-0.15, -0.1) is 0 Å². The van der Waals surface area contributed by atoms with Gasteiger partial charge in [0.05, 0.1) is 11.6 Å². The van der Waals surface area contributed by atoms with Gasteiger partial charge in [0.2, 0.25) is 5.91 Å². The number of hydrogen-bond donors (Lipinski definition) is 2. The number of carbonyl (C=O) groups is 1. The van der Waals surface area contributed by atoms with Crippen LogP contribution < -0.4 is 16.6 Å². The lowest BCUT2D eigenvalue weighted by atomic mass is 10.0. The van der Waals surface area contributed by atoms with E-state index in [0.29, 0.717) is 34.4 Å². The molecule has 1 aliphatic heterocycles. The predicted octanol–water partition coefficient (Wildman–Crippen LogP) is 2.77. The van der Waals surface area contributed by atoms with Crippen LogP contribution in [-0.4, -0.2) is 10.5 Å². The van der Waals surface area contributed by atoms with E-state index in [9.17, 15) is 14.0 Å². The summed E-state index contributed by atoms with van der Waals surface area (Å²) < 4.78 is 16.2. The summed E-state index contributed by atoms with van der Waals surface area (Å²) in [6, 6.07) is 6.33. The number of amides is 1. The second kappa shape index (κ2) is 5.81. The molecule has 1 aromatic heterocycles. The van der Waals surface area contributed by atoms with Gasteiger partial charge >= 0.3 is 0 Å². The molecule has 1 atom stereocenters. The Balaban J connectivity index is 2.07. The summed E-state index contributed by atoms with van der Waals surface area (Å²) in [5, 5.41) is 2.94. The maximum atomic E-state index is 14.0. The van der Waals surface area contributed by atoms with Crippen molar-refractivity contribution in [3.8, 4) is 0 Å². The average Bonchev–Trinajstić information content (AvgIpc) is 2.91. The zero-order chi connectivity index (χ0) is 16.7. The van der Waals surface area contributed by atoms with Crippen LogP contribution in [0, 0.1) is 12.7 Å². The number of halogens is 2. The Morgan fingerprint density at radius 1 is 1.39 bits per heavy atom. The summed E-state index contributed by atoms with van der Waals surface area (Å²) in [5.41, 5.74) is 7.01. The second-order valence-electron chi connectivity index (χ2n) is 5.56. The van der Waals surface area contributed by atoms with Crippen LogP contribution in [0.15, 0.2) is 33.5 Å². The van der Waals surface area contributed by atoms with Crippen LogP contribution in [0.3, 0.4) is 0 Å². The molecular weight excluding hydrogens is 365 g/mol. The van der Waals surface area contributed by atoms with Gasteiger partial charge in [-0.05, 0) is 37.6 Å². The van der Waals surface area contributed by atoms with Crippen LogP contribution >= 0.6 is 15.9 Å².